The summed E-state index contributed by atoms with van der Waals surface area (Å²) in [4.78, 5) is 2.41. The summed E-state index contributed by atoms with van der Waals surface area (Å²) in [6.45, 7) is 6.77. The zero-order chi connectivity index (χ0) is 14.8. The van der Waals surface area contributed by atoms with Crippen LogP contribution in [0.3, 0.4) is 0 Å². The molecule has 2 rings (SSSR count). The third-order valence-corrected chi connectivity index (χ3v) is 4.93. The van der Waals surface area contributed by atoms with Gasteiger partial charge in [0.15, 0.2) is 0 Å². The van der Waals surface area contributed by atoms with Crippen LogP contribution in [0.1, 0.15) is 64.5 Å². The number of anilines is 1. The number of hydrogen-bond donors (Lipinski definition) is 1. The van der Waals surface area contributed by atoms with Crippen molar-refractivity contribution >= 4 is 5.69 Å². The van der Waals surface area contributed by atoms with E-state index in [1.54, 1.807) is 0 Å². The Morgan fingerprint density at radius 3 is 2.25 bits per heavy atom. The van der Waals surface area contributed by atoms with Crippen LogP contribution in [0.5, 0.6) is 0 Å². The van der Waals surface area contributed by atoms with Gasteiger partial charge in [0.05, 0.1) is 6.10 Å². The lowest BCUT2D eigenvalue weighted by Gasteiger charge is -2.39. The van der Waals surface area contributed by atoms with Crippen LogP contribution in [0.2, 0.25) is 0 Å². The summed E-state index contributed by atoms with van der Waals surface area (Å²) >= 11 is 0. The summed E-state index contributed by atoms with van der Waals surface area (Å²) in [5, 5.41) is 9.85. The molecule has 0 amide bonds. The smallest absolute Gasteiger partial charge is 0.0787 e. The van der Waals surface area contributed by atoms with E-state index in [1.165, 1.54) is 31.4 Å². The monoisotopic (exact) mass is 275 g/mol. The van der Waals surface area contributed by atoms with Crippen LogP contribution in [-0.2, 0) is 0 Å². The summed E-state index contributed by atoms with van der Waals surface area (Å²) in [5.74, 6) is 0. The average Bonchev–Trinajstić information content (AvgIpc) is 2.46. The molecule has 2 heteroatoms. The van der Waals surface area contributed by atoms with Crippen LogP contribution in [-0.4, -0.2) is 18.2 Å². The Labute approximate surface area is 123 Å². The second-order valence-electron chi connectivity index (χ2n) is 7.02. The fourth-order valence-electron chi connectivity index (χ4n) is 3.15. The Morgan fingerprint density at radius 1 is 1.20 bits per heavy atom. The molecule has 2 nitrogen and oxygen atoms in total. The first-order valence-corrected chi connectivity index (χ1v) is 7.94. The second-order valence-corrected chi connectivity index (χ2v) is 7.02. The van der Waals surface area contributed by atoms with E-state index in [0.717, 1.165) is 12.0 Å². The van der Waals surface area contributed by atoms with Gasteiger partial charge in [0, 0.05) is 18.8 Å². The molecule has 1 saturated carbocycles. The van der Waals surface area contributed by atoms with E-state index in [0.29, 0.717) is 11.5 Å². The van der Waals surface area contributed by atoms with Gasteiger partial charge in [-0.1, -0.05) is 32.9 Å². The molecule has 0 bridgehead atoms. The van der Waals surface area contributed by atoms with Crippen molar-refractivity contribution in [3.63, 3.8) is 0 Å². The highest BCUT2D eigenvalue weighted by Gasteiger charge is 2.28. The van der Waals surface area contributed by atoms with Crippen LogP contribution in [0.15, 0.2) is 24.3 Å². The third kappa shape index (κ3) is 3.54. The van der Waals surface area contributed by atoms with Crippen molar-refractivity contribution in [2.24, 2.45) is 5.41 Å². The van der Waals surface area contributed by atoms with Gasteiger partial charge in [-0.15, -0.1) is 0 Å². The van der Waals surface area contributed by atoms with Gasteiger partial charge in [-0.2, -0.15) is 0 Å². The lowest BCUT2D eigenvalue weighted by atomic mass is 9.75. The van der Waals surface area contributed by atoms with E-state index < -0.39 is 0 Å². The van der Waals surface area contributed by atoms with Gasteiger partial charge in [-0.25, -0.2) is 0 Å². The minimum Gasteiger partial charge on any atom is -0.388 e. The second kappa shape index (κ2) is 6.17. The van der Waals surface area contributed by atoms with Crippen molar-refractivity contribution in [1.29, 1.82) is 0 Å². The third-order valence-electron chi connectivity index (χ3n) is 4.93. The summed E-state index contributed by atoms with van der Waals surface area (Å²) in [5.41, 5.74) is 2.81. The maximum absolute atomic E-state index is 9.85. The minimum atomic E-state index is -0.329. The van der Waals surface area contributed by atoms with Gasteiger partial charge in [0.25, 0.3) is 0 Å². The molecule has 0 heterocycles. The van der Waals surface area contributed by atoms with E-state index in [2.05, 4.69) is 50.1 Å². The molecule has 0 unspecified atom stereocenters. The topological polar surface area (TPSA) is 23.5 Å². The molecule has 112 valence electrons. The predicted molar refractivity (Wildman–Crippen MR) is 86.1 cm³/mol. The molecule has 0 radical (unpaired) electrons. The first kappa shape index (κ1) is 15.4. The number of rotatable bonds is 4. The van der Waals surface area contributed by atoms with Gasteiger partial charge < -0.3 is 10.0 Å². The molecule has 0 aliphatic heterocycles. The van der Waals surface area contributed by atoms with Gasteiger partial charge in [0.2, 0.25) is 0 Å². The van der Waals surface area contributed by atoms with E-state index >= 15 is 0 Å². The van der Waals surface area contributed by atoms with Gasteiger partial charge in [0.1, 0.15) is 0 Å². The fraction of sp³-hybridized carbons (Fsp3) is 0.667. The van der Waals surface area contributed by atoms with Gasteiger partial charge in [-0.05, 0) is 55.2 Å². The van der Waals surface area contributed by atoms with Crippen molar-refractivity contribution in [2.75, 3.05) is 11.9 Å². The molecular weight excluding hydrogens is 246 g/mol. The molecule has 0 spiro atoms. The first-order chi connectivity index (χ1) is 9.43. The summed E-state index contributed by atoms with van der Waals surface area (Å²) in [6.07, 6.45) is 5.63. The van der Waals surface area contributed by atoms with Crippen LogP contribution in [0, 0.1) is 5.41 Å². The largest absolute Gasteiger partial charge is 0.388 e. The lowest BCUT2D eigenvalue weighted by molar-refractivity contribution is 0.173. The summed E-state index contributed by atoms with van der Waals surface area (Å²) in [7, 11) is 2.20. The maximum atomic E-state index is 9.85. The Balaban J connectivity index is 2.01. The van der Waals surface area contributed by atoms with E-state index in [4.69, 9.17) is 0 Å². The number of benzene rings is 1. The highest BCUT2D eigenvalue weighted by molar-refractivity contribution is 5.48. The van der Waals surface area contributed by atoms with Crippen LogP contribution in [0.25, 0.3) is 0 Å². The molecule has 1 N–H and O–H groups in total. The zero-order valence-electron chi connectivity index (χ0n) is 13.4. The molecule has 1 aliphatic carbocycles. The predicted octanol–water partition coefficient (Wildman–Crippen LogP) is 4.54. The molecule has 1 aromatic carbocycles. The van der Waals surface area contributed by atoms with E-state index in [-0.39, 0.29) is 6.10 Å². The van der Waals surface area contributed by atoms with Crippen LogP contribution < -0.4 is 4.90 Å². The molecule has 0 aromatic heterocycles. The zero-order valence-corrected chi connectivity index (χ0v) is 13.4. The number of hydrogen-bond acceptors (Lipinski definition) is 2. The average molecular weight is 275 g/mol. The normalized spacial score (nSPS) is 20.6. The van der Waals surface area contributed by atoms with Gasteiger partial charge >= 0.3 is 0 Å². The minimum absolute atomic E-state index is 0.329. The Kier molecular flexibility index (Phi) is 4.74. The number of nitrogens with zero attached hydrogens (tertiary/aromatic N) is 1. The lowest BCUT2D eigenvalue weighted by Crippen LogP contribution is -2.37. The fourth-order valence-corrected chi connectivity index (χ4v) is 3.15. The summed E-state index contributed by atoms with van der Waals surface area (Å²) in [6, 6.07) is 9.08. The molecular formula is C18H29NO. The SMILES string of the molecule is CC[C@H](O)c1ccc(N(C)C2CCC(C)(C)CC2)cc1. The van der Waals surface area contributed by atoms with E-state index in [1.807, 2.05) is 6.92 Å². The number of aliphatic hydroxyl groups is 1. The molecule has 20 heavy (non-hydrogen) atoms. The molecule has 1 fully saturated rings. The molecule has 1 atom stereocenters. The maximum Gasteiger partial charge on any atom is 0.0787 e. The van der Waals surface area contributed by atoms with E-state index in [9.17, 15) is 5.11 Å². The Hall–Kier alpha value is -1.02. The highest BCUT2D eigenvalue weighted by Crippen LogP contribution is 2.37. The van der Waals surface area contributed by atoms with Crippen molar-refractivity contribution in [3.8, 4) is 0 Å². The molecule has 0 saturated heterocycles. The Morgan fingerprint density at radius 2 is 1.75 bits per heavy atom. The molecule has 1 aromatic rings. The standard InChI is InChI=1S/C18H29NO/c1-5-17(20)14-6-8-15(9-7-14)19(4)16-10-12-18(2,3)13-11-16/h6-9,16-17,20H,5,10-13H2,1-4H3/t17-/m0/s1. The van der Waals surface area contributed by atoms with Crippen molar-refractivity contribution < 1.29 is 5.11 Å². The number of aliphatic hydroxyl groups excluding tert-OH is 1. The van der Waals surface area contributed by atoms with Crippen LogP contribution in [0.4, 0.5) is 5.69 Å². The molecule has 1 aliphatic rings. The first-order valence-electron chi connectivity index (χ1n) is 7.94. The summed E-state index contributed by atoms with van der Waals surface area (Å²) < 4.78 is 0. The highest BCUT2D eigenvalue weighted by atomic mass is 16.3. The van der Waals surface area contributed by atoms with Crippen molar-refractivity contribution in [1.82, 2.24) is 0 Å². The van der Waals surface area contributed by atoms with Crippen LogP contribution >= 0.6 is 0 Å². The van der Waals surface area contributed by atoms with Gasteiger partial charge in [-0.3, -0.25) is 0 Å². The van der Waals surface area contributed by atoms with Crippen molar-refractivity contribution in [3.05, 3.63) is 29.8 Å². The Bertz CT molecular complexity index is 414. The quantitative estimate of drug-likeness (QED) is 0.872. The van der Waals surface area contributed by atoms with Crippen molar-refractivity contribution in [2.45, 2.75) is 65.0 Å².